The van der Waals surface area contributed by atoms with Crippen LogP contribution in [0.4, 0.5) is 5.69 Å². The quantitative estimate of drug-likeness (QED) is 0.545. The Morgan fingerprint density at radius 3 is 2.64 bits per heavy atom. The Morgan fingerprint density at radius 1 is 1.32 bits per heavy atom. The van der Waals surface area contributed by atoms with E-state index in [1.807, 2.05) is 12.1 Å². The summed E-state index contributed by atoms with van der Waals surface area (Å²) in [6.07, 6.45) is 8.14. The van der Waals surface area contributed by atoms with Crippen LogP contribution in [0, 0.1) is 11.3 Å². The third kappa shape index (κ3) is 4.20. The van der Waals surface area contributed by atoms with Crippen LogP contribution < -0.4 is 10.2 Å². The fourth-order valence-corrected chi connectivity index (χ4v) is 4.74. The SMILES string of the molecule is C[C@@H]1CC(C)(C)N(C)c2cc(Cl)c(/C=C(/C#N)C(=O)NC3CCCCC3)cc21. The minimum atomic E-state index is -0.297. The van der Waals surface area contributed by atoms with E-state index in [-0.39, 0.29) is 23.1 Å². The molecular formula is C23H30ClN3O. The van der Waals surface area contributed by atoms with Crippen LogP contribution >= 0.6 is 11.6 Å². The van der Waals surface area contributed by atoms with Gasteiger partial charge in [0, 0.05) is 29.3 Å². The van der Waals surface area contributed by atoms with Crippen LogP contribution in [0.5, 0.6) is 0 Å². The number of hydrogen-bond acceptors (Lipinski definition) is 3. The summed E-state index contributed by atoms with van der Waals surface area (Å²) in [5.41, 5.74) is 3.24. The molecule has 1 atom stereocenters. The number of rotatable bonds is 3. The largest absolute Gasteiger partial charge is 0.369 e. The molecule has 0 bridgehead atoms. The van der Waals surface area contributed by atoms with Crippen LogP contribution in [0.1, 0.15) is 76.3 Å². The average molecular weight is 400 g/mol. The Bertz CT molecular complexity index is 831. The number of carbonyl (C=O) groups excluding carboxylic acids is 1. The van der Waals surface area contributed by atoms with E-state index in [0.717, 1.165) is 43.4 Å². The summed E-state index contributed by atoms with van der Waals surface area (Å²) in [6.45, 7) is 6.69. The van der Waals surface area contributed by atoms with Crippen molar-refractivity contribution >= 4 is 29.3 Å². The molecule has 0 aromatic heterocycles. The summed E-state index contributed by atoms with van der Waals surface area (Å²) < 4.78 is 0. The van der Waals surface area contributed by atoms with Gasteiger partial charge in [0.25, 0.3) is 5.91 Å². The highest BCUT2D eigenvalue weighted by atomic mass is 35.5. The van der Waals surface area contributed by atoms with Crippen molar-refractivity contribution in [2.75, 3.05) is 11.9 Å². The first kappa shape index (κ1) is 20.7. The van der Waals surface area contributed by atoms with Gasteiger partial charge in [-0.1, -0.05) is 37.8 Å². The Kier molecular flexibility index (Phi) is 6.05. The average Bonchev–Trinajstić information content (AvgIpc) is 2.65. The van der Waals surface area contributed by atoms with Crippen molar-refractivity contribution in [1.82, 2.24) is 5.32 Å². The number of nitriles is 1. The van der Waals surface area contributed by atoms with Crippen LogP contribution in [-0.2, 0) is 4.79 Å². The van der Waals surface area contributed by atoms with Gasteiger partial charge in [-0.15, -0.1) is 0 Å². The standard InChI is InChI=1S/C23H30ClN3O/c1-15-13-23(2,3)27(4)21-12-20(24)16(11-19(15)21)10-17(14-25)22(28)26-18-8-6-5-7-9-18/h10-12,15,18H,5-9,13H2,1-4H3,(H,26,28)/b17-10-/t15-/m1/s1. The van der Waals surface area contributed by atoms with Crippen molar-refractivity contribution in [3.63, 3.8) is 0 Å². The van der Waals surface area contributed by atoms with E-state index in [2.05, 4.69) is 44.1 Å². The highest BCUT2D eigenvalue weighted by Crippen LogP contribution is 2.44. The maximum atomic E-state index is 12.6. The fourth-order valence-electron chi connectivity index (χ4n) is 4.53. The van der Waals surface area contributed by atoms with Crippen LogP contribution in [0.2, 0.25) is 5.02 Å². The third-order valence-electron chi connectivity index (χ3n) is 6.36. The molecule has 1 amide bonds. The normalized spacial score (nSPS) is 22.4. The van der Waals surface area contributed by atoms with E-state index < -0.39 is 0 Å². The van der Waals surface area contributed by atoms with Gasteiger partial charge in [0.1, 0.15) is 11.6 Å². The number of nitrogens with one attached hydrogen (secondary N) is 1. The molecule has 3 rings (SSSR count). The summed E-state index contributed by atoms with van der Waals surface area (Å²) in [5, 5.41) is 13.1. The maximum Gasteiger partial charge on any atom is 0.262 e. The minimum Gasteiger partial charge on any atom is -0.369 e. The second-order valence-electron chi connectivity index (χ2n) is 8.89. The van der Waals surface area contributed by atoms with Gasteiger partial charge >= 0.3 is 0 Å². The van der Waals surface area contributed by atoms with Crippen molar-refractivity contribution in [2.24, 2.45) is 0 Å². The summed E-state index contributed by atoms with van der Waals surface area (Å²) in [7, 11) is 2.09. The number of fused-ring (bicyclic) bond motifs is 1. The molecule has 2 aliphatic rings. The molecule has 5 heteroatoms. The molecule has 1 heterocycles. The van der Waals surface area contributed by atoms with Crippen LogP contribution in [0.15, 0.2) is 17.7 Å². The topological polar surface area (TPSA) is 56.1 Å². The second kappa shape index (κ2) is 8.17. The zero-order valence-corrected chi connectivity index (χ0v) is 18.1. The first-order valence-electron chi connectivity index (χ1n) is 10.2. The first-order chi connectivity index (χ1) is 13.2. The van der Waals surface area contributed by atoms with Crippen molar-refractivity contribution < 1.29 is 4.79 Å². The zero-order chi connectivity index (χ0) is 20.5. The van der Waals surface area contributed by atoms with Gasteiger partial charge in [0.05, 0.1) is 0 Å². The van der Waals surface area contributed by atoms with E-state index in [1.165, 1.54) is 12.0 Å². The number of nitrogens with zero attached hydrogens (tertiary/aromatic N) is 2. The molecule has 1 aromatic carbocycles. The lowest BCUT2D eigenvalue weighted by molar-refractivity contribution is -0.117. The second-order valence-corrected chi connectivity index (χ2v) is 9.29. The summed E-state index contributed by atoms with van der Waals surface area (Å²) in [4.78, 5) is 14.9. The number of hydrogen-bond donors (Lipinski definition) is 1. The summed E-state index contributed by atoms with van der Waals surface area (Å²) in [5.74, 6) is 0.0849. The predicted octanol–water partition coefficient (Wildman–Crippen LogP) is 5.42. The van der Waals surface area contributed by atoms with E-state index in [1.54, 1.807) is 6.08 Å². The van der Waals surface area contributed by atoms with Crippen LogP contribution in [0.3, 0.4) is 0 Å². The van der Waals surface area contributed by atoms with Gasteiger partial charge in [-0.25, -0.2) is 0 Å². The zero-order valence-electron chi connectivity index (χ0n) is 17.3. The number of halogens is 1. The van der Waals surface area contributed by atoms with Gasteiger partial charge < -0.3 is 10.2 Å². The van der Waals surface area contributed by atoms with Gasteiger partial charge in [-0.05, 0) is 68.4 Å². The van der Waals surface area contributed by atoms with Crippen molar-refractivity contribution in [1.29, 1.82) is 5.26 Å². The van der Waals surface area contributed by atoms with E-state index >= 15 is 0 Å². The molecule has 1 saturated carbocycles. The molecule has 0 radical (unpaired) electrons. The molecule has 1 aliphatic carbocycles. The Labute approximate surface area is 173 Å². The molecule has 1 N–H and O–H groups in total. The Hall–Kier alpha value is -1.99. The molecule has 0 spiro atoms. The van der Waals surface area contributed by atoms with Gasteiger partial charge in [0.15, 0.2) is 0 Å². The van der Waals surface area contributed by atoms with Crippen molar-refractivity contribution in [3.8, 4) is 6.07 Å². The molecule has 0 unspecified atom stereocenters. The Balaban J connectivity index is 1.89. The van der Waals surface area contributed by atoms with Crippen molar-refractivity contribution in [2.45, 2.75) is 76.8 Å². The molecule has 1 aliphatic heterocycles. The fraction of sp³-hybridized carbons (Fsp3) is 0.565. The smallest absolute Gasteiger partial charge is 0.262 e. The van der Waals surface area contributed by atoms with Crippen LogP contribution in [-0.4, -0.2) is 24.5 Å². The molecule has 28 heavy (non-hydrogen) atoms. The lowest BCUT2D eigenvalue weighted by Crippen LogP contribution is -2.45. The Morgan fingerprint density at radius 2 is 2.00 bits per heavy atom. The van der Waals surface area contributed by atoms with E-state index in [4.69, 9.17) is 11.6 Å². The predicted molar refractivity (Wildman–Crippen MR) is 116 cm³/mol. The summed E-state index contributed by atoms with van der Waals surface area (Å²) in [6, 6.07) is 6.24. The molecule has 1 fully saturated rings. The third-order valence-corrected chi connectivity index (χ3v) is 6.68. The minimum absolute atomic E-state index is 0.0603. The van der Waals surface area contributed by atoms with E-state index in [9.17, 15) is 10.1 Å². The van der Waals surface area contributed by atoms with Gasteiger partial charge in [-0.2, -0.15) is 5.26 Å². The maximum absolute atomic E-state index is 12.6. The van der Waals surface area contributed by atoms with Crippen LogP contribution in [0.25, 0.3) is 6.08 Å². The molecule has 1 aromatic rings. The number of benzene rings is 1. The first-order valence-corrected chi connectivity index (χ1v) is 10.6. The number of carbonyl (C=O) groups is 1. The molecule has 4 nitrogen and oxygen atoms in total. The lowest BCUT2D eigenvalue weighted by atomic mass is 9.80. The highest BCUT2D eigenvalue weighted by Gasteiger charge is 2.34. The monoisotopic (exact) mass is 399 g/mol. The van der Waals surface area contributed by atoms with Gasteiger partial charge in [-0.3, -0.25) is 4.79 Å². The highest BCUT2D eigenvalue weighted by molar-refractivity contribution is 6.32. The number of anilines is 1. The number of amides is 1. The molecule has 0 saturated heterocycles. The van der Waals surface area contributed by atoms with Crippen molar-refractivity contribution in [3.05, 3.63) is 33.9 Å². The molecular weight excluding hydrogens is 370 g/mol. The molecule has 150 valence electrons. The lowest BCUT2D eigenvalue weighted by Gasteiger charge is -2.45. The van der Waals surface area contributed by atoms with Gasteiger partial charge in [0.2, 0.25) is 0 Å². The summed E-state index contributed by atoms with van der Waals surface area (Å²) >= 11 is 6.55. The van der Waals surface area contributed by atoms with E-state index in [0.29, 0.717) is 10.9 Å².